The van der Waals surface area contributed by atoms with Gasteiger partial charge < -0.3 is 29.3 Å². The zero-order chi connectivity index (χ0) is 19.0. The summed E-state index contributed by atoms with van der Waals surface area (Å²) < 4.78 is 17.6. The van der Waals surface area contributed by atoms with E-state index in [2.05, 4.69) is 10.2 Å². The minimum Gasteiger partial charge on any atom is -0.447 e. The molecule has 4 aliphatic rings. The minimum atomic E-state index is -0.715. The highest BCUT2D eigenvalue weighted by Gasteiger charge is 2.48. The summed E-state index contributed by atoms with van der Waals surface area (Å²) in [5.74, 6) is 1.50. The second-order valence-corrected chi connectivity index (χ2v) is 8.49. The molecule has 0 aromatic heterocycles. The van der Waals surface area contributed by atoms with Crippen LogP contribution in [0, 0.1) is 5.92 Å². The molecule has 0 bridgehead atoms. The molecule has 0 aliphatic carbocycles. The number of hydrogen-bond donors (Lipinski definition) is 1. The standard InChI is InChI=1S/C21H29N3O4/c25-20(22-17-5-9-23(10-6-17)13-16-7-12-26-14-16)24-11-8-21(15-24)27-18-3-1-2-4-19(18)28-21/h1-4,16-17H,5-15H2,(H,22,25). The number of amides is 2. The van der Waals surface area contributed by atoms with Crippen LogP contribution < -0.4 is 14.8 Å². The highest BCUT2D eigenvalue weighted by molar-refractivity contribution is 5.75. The van der Waals surface area contributed by atoms with E-state index >= 15 is 0 Å². The van der Waals surface area contributed by atoms with E-state index in [4.69, 9.17) is 14.2 Å². The van der Waals surface area contributed by atoms with Crippen LogP contribution in [-0.4, -0.2) is 73.6 Å². The molecule has 1 aromatic carbocycles. The number of nitrogens with one attached hydrogen (secondary N) is 1. The molecule has 0 radical (unpaired) electrons. The van der Waals surface area contributed by atoms with Crippen molar-refractivity contribution < 1.29 is 19.0 Å². The Labute approximate surface area is 165 Å². The number of hydrogen-bond acceptors (Lipinski definition) is 5. The van der Waals surface area contributed by atoms with Gasteiger partial charge in [-0.1, -0.05) is 12.1 Å². The van der Waals surface area contributed by atoms with Crippen molar-refractivity contribution in [1.82, 2.24) is 15.1 Å². The topological polar surface area (TPSA) is 63.3 Å². The molecule has 1 spiro atoms. The van der Waals surface area contributed by atoms with E-state index in [1.807, 2.05) is 29.2 Å². The van der Waals surface area contributed by atoms with Gasteiger partial charge in [0.2, 0.25) is 0 Å². The summed E-state index contributed by atoms with van der Waals surface area (Å²) in [6.45, 7) is 6.16. The number of carbonyl (C=O) groups is 1. The number of fused-ring (bicyclic) bond motifs is 1. The number of carbonyl (C=O) groups excluding carboxylic acids is 1. The Kier molecular flexibility index (Phi) is 4.80. The smallest absolute Gasteiger partial charge is 0.317 e. The second kappa shape index (κ2) is 7.44. The van der Waals surface area contributed by atoms with E-state index in [0.717, 1.165) is 57.2 Å². The SMILES string of the molecule is O=C(NC1CCN(CC2CCOC2)CC1)N1CCC2(C1)Oc1ccccc1O2. The fourth-order valence-corrected chi connectivity index (χ4v) is 4.75. The van der Waals surface area contributed by atoms with Gasteiger partial charge in [-0.25, -0.2) is 4.79 Å². The monoisotopic (exact) mass is 387 g/mol. The van der Waals surface area contributed by atoms with Crippen molar-refractivity contribution >= 4 is 6.03 Å². The van der Waals surface area contributed by atoms with E-state index < -0.39 is 5.79 Å². The van der Waals surface area contributed by atoms with Gasteiger partial charge in [0.05, 0.1) is 13.2 Å². The maximum absolute atomic E-state index is 12.8. The molecule has 152 valence electrons. The molecule has 3 fully saturated rings. The maximum atomic E-state index is 12.8. The third kappa shape index (κ3) is 3.65. The molecule has 1 unspecified atom stereocenters. The van der Waals surface area contributed by atoms with Gasteiger partial charge >= 0.3 is 6.03 Å². The Hall–Kier alpha value is -1.99. The largest absolute Gasteiger partial charge is 0.447 e. The summed E-state index contributed by atoms with van der Waals surface area (Å²) in [5.41, 5.74) is 0. The van der Waals surface area contributed by atoms with Crippen LogP contribution in [0.3, 0.4) is 0 Å². The first kappa shape index (κ1) is 18.1. The molecule has 0 saturated carbocycles. The number of likely N-dealkylation sites (tertiary alicyclic amines) is 2. The first-order valence-corrected chi connectivity index (χ1v) is 10.5. The van der Waals surface area contributed by atoms with Crippen molar-refractivity contribution in [2.24, 2.45) is 5.92 Å². The van der Waals surface area contributed by atoms with Gasteiger partial charge in [-0.2, -0.15) is 0 Å². The highest BCUT2D eigenvalue weighted by atomic mass is 16.7. The molecule has 1 N–H and O–H groups in total. The van der Waals surface area contributed by atoms with Crippen molar-refractivity contribution in [3.8, 4) is 11.5 Å². The number of nitrogens with zero attached hydrogens (tertiary/aromatic N) is 2. The number of ether oxygens (including phenoxy) is 3. The lowest BCUT2D eigenvalue weighted by Gasteiger charge is -2.34. The molecular weight excluding hydrogens is 358 g/mol. The van der Waals surface area contributed by atoms with Crippen LogP contribution in [0.4, 0.5) is 4.79 Å². The molecule has 5 rings (SSSR count). The lowest BCUT2D eigenvalue weighted by Crippen LogP contribution is -2.50. The highest BCUT2D eigenvalue weighted by Crippen LogP contribution is 2.42. The van der Waals surface area contributed by atoms with Crippen molar-refractivity contribution in [2.45, 2.75) is 37.5 Å². The van der Waals surface area contributed by atoms with Crippen LogP contribution >= 0.6 is 0 Å². The predicted molar refractivity (Wildman–Crippen MR) is 104 cm³/mol. The lowest BCUT2D eigenvalue weighted by atomic mass is 10.0. The van der Waals surface area contributed by atoms with E-state index in [1.54, 1.807) is 0 Å². The van der Waals surface area contributed by atoms with Gasteiger partial charge in [0.15, 0.2) is 11.5 Å². The van der Waals surface area contributed by atoms with E-state index in [9.17, 15) is 4.79 Å². The molecule has 1 aromatic rings. The summed E-state index contributed by atoms with van der Waals surface area (Å²) in [7, 11) is 0. The van der Waals surface area contributed by atoms with Gasteiger partial charge in [0.1, 0.15) is 0 Å². The Morgan fingerprint density at radius 2 is 1.86 bits per heavy atom. The fourth-order valence-electron chi connectivity index (χ4n) is 4.75. The summed E-state index contributed by atoms with van der Waals surface area (Å²) in [4.78, 5) is 17.1. The number of para-hydroxylation sites is 2. The average Bonchev–Trinajstić information content (AvgIpc) is 3.43. The Balaban J connectivity index is 1.09. The van der Waals surface area contributed by atoms with Crippen LogP contribution in [-0.2, 0) is 4.74 Å². The summed E-state index contributed by atoms with van der Waals surface area (Å²) in [6, 6.07) is 7.96. The Morgan fingerprint density at radius 1 is 1.11 bits per heavy atom. The molecule has 3 saturated heterocycles. The van der Waals surface area contributed by atoms with Gasteiger partial charge in [0.25, 0.3) is 5.79 Å². The third-order valence-corrected chi connectivity index (χ3v) is 6.38. The summed E-state index contributed by atoms with van der Waals surface area (Å²) in [5, 5.41) is 3.23. The summed E-state index contributed by atoms with van der Waals surface area (Å²) in [6.07, 6.45) is 3.89. The van der Waals surface area contributed by atoms with Crippen molar-refractivity contribution in [3.05, 3.63) is 24.3 Å². The third-order valence-electron chi connectivity index (χ3n) is 6.38. The van der Waals surface area contributed by atoms with Gasteiger partial charge in [0, 0.05) is 45.2 Å². The molecule has 2 amide bonds. The lowest BCUT2D eigenvalue weighted by molar-refractivity contribution is -0.0651. The molecule has 4 aliphatic heterocycles. The maximum Gasteiger partial charge on any atom is 0.317 e. The number of rotatable bonds is 3. The van der Waals surface area contributed by atoms with Crippen molar-refractivity contribution in [3.63, 3.8) is 0 Å². The fraction of sp³-hybridized carbons (Fsp3) is 0.667. The number of piperidine rings is 1. The Bertz CT molecular complexity index is 688. The molecule has 1 atom stereocenters. The van der Waals surface area contributed by atoms with E-state index in [0.29, 0.717) is 25.4 Å². The number of urea groups is 1. The van der Waals surface area contributed by atoms with E-state index in [1.165, 1.54) is 6.42 Å². The van der Waals surface area contributed by atoms with Crippen LogP contribution in [0.15, 0.2) is 24.3 Å². The molecular formula is C21H29N3O4. The zero-order valence-corrected chi connectivity index (χ0v) is 16.3. The molecule has 28 heavy (non-hydrogen) atoms. The van der Waals surface area contributed by atoms with Gasteiger partial charge in [-0.15, -0.1) is 0 Å². The minimum absolute atomic E-state index is 0.00248. The molecule has 4 heterocycles. The molecule has 7 nitrogen and oxygen atoms in total. The zero-order valence-electron chi connectivity index (χ0n) is 16.3. The predicted octanol–water partition coefficient (Wildman–Crippen LogP) is 2.07. The quantitative estimate of drug-likeness (QED) is 0.860. The first-order valence-electron chi connectivity index (χ1n) is 10.5. The van der Waals surface area contributed by atoms with Crippen molar-refractivity contribution in [1.29, 1.82) is 0 Å². The second-order valence-electron chi connectivity index (χ2n) is 8.49. The van der Waals surface area contributed by atoms with Crippen molar-refractivity contribution in [2.75, 3.05) is 45.9 Å². The van der Waals surface area contributed by atoms with Crippen LogP contribution in [0.5, 0.6) is 11.5 Å². The van der Waals surface area contributed by atoms with Gasteiger partial charge in [-0.05, 0) is 37.3 Å². The van der Waals surface area contributed by atoms with Crippen LogP contribution in [0.25, 0.3) is 0 Å². The van der Waals surface area contributed by atoms with E-state index in [-0.39, 0.29) is 12.1 Å². The summed E-state index contributed by atoms with van der Waals surface area (Å²) >= 11 is 0. The van der Waals surface area contributed by atoms with Gasteiger partial charge in [-0.3, -0.25) is 0 Å². The van der Waals surface area contributed by atoms with Crippen LogP contribution in [0.2, 0.25) is 0 Å². The number of benzene rings is 1. The van der Waals surface area contributed by atoms with Crippen LogP contribution in [0.1, 0.15) is 25.7 Å². The average molecular weight is 387 g/mol. The molecule has 7 heteroatoms. The Morgan fingerprint density at radius 3 is 2.54 bits per heavy atom. The normalized spacial score (nSPS) is 26.9. The first-order chi connectivity index (χ1) is 13.7.